The minimum atomic E-state index is -4.76. The highest BCUT2D eigenvalue weighted by Crippen LogP contribution is 2.55. The minimum Gasteiger partial charge on any atom is -0.416 e. The van der Waals surface area contributed by atoms with Crippen molar-refractivity contribution in [3.8, 4) is 11.5 Å². The first-order valence-corrected chi connectivity index (χ1v) is 14.2. The molecule has 4 rings (SSSR count). The minimum absolute atomic E-state index is 0.0911. The second-order valence-corrected chi connectivity index (χ2v) is 12.0. The molecule has 0 saturated carbocycles. The molecule has 0 radical (unpaired) electrons. The van der Waals surface area contributed by atoms with Crippen LogP contribution in [0.15, 0.2) is 60.6 Å². The average molecular weight is 607 g/mol. The molecule has 0 aromatic heterocycles. The number of carbonyl (C=O) groups excluding carboxylic acids is 2. The summed E-state index contributed by atoms with van der Waals surface area (Å²) < 4.78 is 95.1. The molecule has 2 heterocycles. The number of aliphatic hydroxyl groups is 1. The van der Waals surface area contributed by atoms with Crippen LogP contribution in [0.4, 0.5) is 22.0 Å². The van der Waals surface area contributed by atoms with E-state index in [9.17, 15) is 27.9 Å². The molecular formula is C25H23F5NO7PS. The highest BCUT2D eigenvalue weighted by atomic mass is 32.5. The van der Waals surface area contributed by atoms with Gasteiger partial charge in [-0.05, 0) is 38.1 Å². The molecule has 0 spiro atoms. The predicted octanol–water partition coefficient (Wildman–Crippen LogP) is 4.97. The van der Waals surface area contributed by atoms with Crippen molar-refractivity contribution in [1.82, 2.24) is 4.90 Å². The number of carbonyl (C=O) groups is 2. The Bertz CT molecular complexity index is 1310. The van der Waals surface area contributed by atoms with E-state index < -0.39 is 67.5 Å². The van der Waals surface area contributed by atoms with Crippen LogP contribution in [0.3, 0.4) is 0 Å². The van der Waals surface area contributed by atoms with Gasteiger partial charge in [0.05, 0.1) is 13.0 Å². The Kier molecular flexibility index (Phi) is 8.40. The first-order valence-electron chi connectivity index (χ1n) is 11.7. The van der Waals surface area contributed by atoms with E-state index >= 15 is 8.78 Å². The zero-order chi connectivity index (χ0) is 29.5. The van der Waals surface area contributed by atoms with Crippen molar-refractivity contribution in [3.05, 3.63) is 71.7 Å². The van der Waals surface area contributed by atoms with Gasteiger partial charge in [0.2, 0.25) is 17.3 Å². The standard InChI is InChI=1S/C25H23F5NO7PS/c1-14-3-7-16(8-4-14)37-39(40,38-17-9-5-15(2)6-10-17)35-13-24(23(27)28)25(29,30)21(34)22(36-24)31-12-18(26)19(32)11-20(31)33/h3-10,12,21-23,34H,11,13H2,1-2H3/t21-,22+,24-/m0/s1. The number of allylic oxidation sites excluding steroid dienone is 1. The molecule has 0 unspecified atom stereocenters. The van der Waals surface area contributed by atoms with E-state index in [2.05, 4.69) is 0 Å². The van der Waals surface area contributed by atoms with E-state index in [1.165, 1.54) is 24.3 Å². The zero-order valence-electron chi connectivity index (χ0n) is 20.9. The van der Waals surface area contributed by atoms with E-state index in [1.54, 1.807) is 38.1 Å². The number of rotatable bonds is 9. The monoisotopic (exact) mass is 607 g/mol. The van der Waals surface area contributed by atoms with E-state index in [0.29, 0.717) is 0 Å². The van der Waals surface area contributed by atoms with Gasteiger partial charge in [0, 0.05) is 18.0 Å². The van der Waals surface area contributed by atoms with E-state index in [4.69, 9.17) is 30.1 Å². The summed E-state index contributed by atoms with van der Waals surface area (Å²) in [5, 5.41) is 10.3. The van der Waals surface area contributed by atoms with Gasteiger partial charge in [-0.25, -0.2) is 13.2 Å². The van der Waals surface area contributed by atoms with Crippen LogP contribution in [0.5, 0.6) is 11.5 Å². The lowest BCUT2D eigenvalue weighted by atomic mass is 9.95. The van der Waals surface area contributed by atoms with Gasteiger partial charge >= 0.3 is 12.6 Å². The van der Waals surface area contributed by atoms with Crippen LogP contribution in [0.1, 0.15) is 17.5 Å². The van der Waals surface area contributed by atoms with Crippen molar-refractivity contribution in [1.29, 1.82) is 0 Å². The van der Waals surface area contributed by atoms with Crippen molar-refractivity contribution in [2.45, 2.75) is 50.5 Å². The Hall–Kier alpha value is -2.90. The van der Waals surface area contributed by atoms with Gasteiger partial charge in [-0.1, -0.05) is 35.4 Å². The fourth-order valence-electron chi connectivity index (χ4n) is 3.88. The van der Waals surface area contributed by atoms with E-state index in [0.717, 1.165) is 11.1 Å². The Labute approximate surface area is 230 Å². The summed E-state index contributed by atoms with van der Waals surface area (Å²) in [6.07, 6.45) is -10.4. The lowest BCUT2D eigenvalue weighted by Gasteiger charge is -2.34. The second kappa shape index (κ2) is 11.2. The number of nitrogens with zero attached hydrogens (tertiary/aromatic N) is 1. The van der Waals surface area contributed by atoms with Crippen LogP contribution in [0, 0.1) is 13.8 Å². The highest BCUT2D eigenvalue weighted by Gasteiger charge is 2.74. The smallest absolute Gasteiger partial charge is 0.416 e. The lowest BCUT2D eigenvalue weighted by Crippen LogP contribution is -2.57. The third-order valence-electron chi connectivity index (χ3n) is 6.20. The number of ketones is 1. The maximum Gasteiger partial charge on any atom is 0.435 e. The molecule has 2 aliphatic heterocycles. The third-order valence-corrected chi connectivity index (χ3v) is 8.27. The molecular weight excluding hydrogens is 584 g/mol. The van der Waals surface area contributed by atoms with Crippen LogP contribution in [-0.4, -0.2) is 58.6 Å². The molecule has 1 fully saturated rings. The Morgan fingerprint density at radius 1 is 1.05 bits per heavy atom. The number of benzene rings is 2. The first-order chi connectivity index (χ1) is 18.7. The summed E-state index contributed by atoms with van der Waals surface area (Å²) in [7, 11) is 0. The second-order valence-electron chi connectivity index (χ2n) is 9.17. The van der Waals surface area contributed by atoms with Crippen molar-refractivity contribution in [3.63, 3.8) is 0 Å². The summed E-state index contributed by atoms with van der Waals surface area (Å²) in [4.78, 5) is 23.8. The number of Topliss-reactive ketones (excluding diaryl/α,β-unsaturated/α-hetero) is 1. The van der Waals surface area contributed by atoms with Crippen LogP contribution in [0.2, 0.25) is 0 Å². The van der Waals surface area contributed by atoms with Gasteiger partial charge in [-0.3, -0.25) is 19.0 Å². The van der Waals surface area contributed by atoms with Gasteiger partial charge in [0.1, 0.15) is 11.5 Å². The first kappa shape index (κ1) is 30.1. The molecule has 2 aromatic rings. The number of hydrogen-bond acceptors (Lipinski definition) is 8. The number of halogens is 5. The molecule has 2 aliphatic rings. The van der Waals surface area contributed by atoms with Crippen LogP contribution < -0.4 is 9.05 Å². The number of aliphatic hydroxyl groups excluding tert-OH is 1. The number of ether oxygens (including phenoxy) is 1. The Morgan fingerprint density at radius 2 is 1.55 bits per heavy atom. The normalized spacial score (nSPS) is 24.8. The maximum absolute atomic E-state index is 15.4. The molecule has 15 heteroatoms. The summed E-state index contributed by atoms with van der Waals surface area (Å²) in [6.45, 7) is -2.26. The Balaban J connectivity index is 1.66. The topological polar surface area (TPSA) is 94.5 Å². The Morgan fingerprint density at radius 3 is 2.02 bits per heavy atom. The number of hydrogen-bond donors (Lipinski definition) is 1. The molecule has 40 heavy (non-hydrogen) atoms. The van der Waals surface area contributed by atoms with Crippen LogP contribution in [-0.2, 0) is 30.7 Å². The molecule has 1 N–H and O–H groups in total. The number of aryl methyl sites for hydroxylation is 2. The molecule has 2 aromatic carbocycles. The van der Waals surface area contributed by atoms with Crippen molar-refractivity contribution < 1.29 is 55.0 Å². The summed E-state index contributed by atoms with van der Waals surface area (Å²) in [5.41, 5.74) is -2.19. The highest BCUT2D eigenvalue weighted by molar-refractivity contribution is 8.07. The van der Waals surface area contributed by atoms with Gasteiger partial charge in [-0.15, -0.1) is 0 Å². The molecule has 1 saturated heterocycles. The van der Waals surface area contributed by atoms with E-state index in [-0.39, 0.29) is 22.6 Å². The fraction of sp³-hybridized carbons (Fsp3) is 0.360. The van der Waals surface area contributed by atoms with Crippen LogP contribution in [0.25, 0.3) is 0 Å². The van der Waals surface area contributed by atoms with Crippen molar-refractivity contribution >= 4 is 30.2 Å². The van der Waals surface area contributed by atoms with Crippen molar-refractivity contribution in [2.24, 2.45) is 0 Å². The third kappa shape index (κ3) is 5.77. The quantitative estimate of drug-likeness (QED) is 0.243. The predicted molar refractivity (Wildman–Crippen MR) is 134 cm³/mol. The summed E-state index contributed by atoms with van der Waals surface area (Å²) in [6, 6.07) is 12.5. The van der Waals surface area contributed by atoms with Gasteiger partial charge < -0.3 is 18.9 Å². The molecule has 0 bridgehead atoms. The summed E-state index contributed by atoms with van der Waals surface area (Å²) in [5.74, 6) is -8.57. The lowest BCUT2D eigenvalue weighted by molar-refractivity contribution is -0.243. The molecule has 3 atom stereocenters. The van der Waals surface area contributed by atoms with Crippen LogP contribution >= 0.6 is 6.72 Å². The summed E-state index contributed by atoms with van der Waals surface area (Å²) >= 11 is 5.38. The van der Waals surface area contributed by atoms with Crippen molar-refractivity contribution in [2.75, 3.05) is 6.61 Å². The zero-order valence-corrected chi connectivity index (χ0v) is 22.6. The maximum atomic E-state index is 15.4. The number of alkyl halides is 4. The molecule has 216 valence electrons. The number of amides is 1. The fourth-order valence-corrected chi connectivity index (χ4v) is 5.81. The average Bonchev–Trinajstić information content (AvgIpc) is 3.09. The molecule has 1 amide bonds. The van der Waals surface area contributed by atoms with Gasteiger partial charge in [0.25, 0.3) is 6.43 Å². The van der Waals surface area contributed by atoms with E-state index in [1.807, 2.05) is 0 Å². The van der Waals surface area contributed by atoms with Gasteiger partial charge in [0.15, 0.2) is 18.2 Å². The molecule has 8 nitrogen and oxygen atoms in total. The van der Waals surface area contributed by atoms with Gasteiger partial charge in [-0.2, -0.15) is 8.78 Å². The largest absolute Gasteiger partial charge is 0.435 e. The SMILES string of the molecule is Cc1ccc(OP(=S)(OC[C@@]2(C(F)F)O[C@@H](N3C=C(F)C(=O)CC3=O)[C@H](O)C2(F)F)Oc2ccc(C)cc2)cc1. The molecule has 0 aliphatic carbocycles.